The number of carbonyl (C=O) groups excluding carboxylic acids is 5. The number of methoxy groups -OCH3 is 2. The molecule has 4 rings (SSSR count). The fourth-order valence-corrected chi connectivity index (χ4v) is 4.15. The predicted molar refractivity (Wildman–Crippen MR) is 128 cm³/mol. The molecule has 0 unspecified atom stereocenters. The maximum absolute atomic E-state index is 13.0. The number of urea groups is 1. The van der Waals surface area contributed by atoms with Gasteiger partial charge in [0, 0.05) is 23.7 Å². The van der Waals surface area contributed by atoms with Crippen molar-refractivity contribution in [1.82, 2.24) is 15.1 Å². The van der Waals surface area contributed by atoms with E-state index in [1.807, 2.05) is 6.92 Å². The third kappa shape index (κ3) is 4.33. The van der Waals surface area contributed by atoms with Crippen LogP contribution in [0.5, 0.6) is 11.5 Å². The van der Waals surface area contributed by atoms with Gasteiger partial charge < -0.3 is 9.47 Å². The zero-order valence-electron chi connectivity index (χ0n) is 20.1. The largest absolute Gasteiger partial charge is 0.496 e. The Morgan fingerprint density at radius 2 is 1.50 bits per heavy atom. The van der Waals surface area contributed by atoms with Gasteiger partial charge in [-0.05, 0) is 30.7 Å². The maximum atomic E-state index is 13.0. The summed E-state index contributed by atoms with van der Waals surface area (Å²) < 4.78 is 10.9. The lowest BCUT2D eigenvalue weighted by Gasteiger charge is -2.26. The molecule has 0 aliphatic carbocycles. The van der Waals surface area contributed by atoms with Gasteiger partial charge in [0.15, 0.2) is 0 Å². The second-order valence-electron chi connectivity index (χ2n) is 8.28. The first-order chi connectivity index (χ1) is 17.3. The lowest BCUT2D eigenvalue weighted by atomic mass is 10.0. The number of carbonyl (C=O) groups is 5. The summed E-state index contributed by atoms with van der Waals surface area (Å²) >= 11 is 0. The molecular weight excluding hydrogens is 466 g/mol. The van der Waals surface area contributed by atoms with Gasteiger partial charge >= 0.3 is 6.03 Å². The standard InChI is InChI=1S/C26H25N3O7/c1-4-5-10-28-25(33)19(22(30)27-26(28)34)12-15-11-16(21(36-3)13-20(15)35-2)14-29-23(31)17-8-6-7-9-18(17)24(29)32/h6-9,11-13H,4-5,10,14H2,1-3H3,(H,27,30,34). The smallest absolute Gasteiger partial charge is 0.331 e. The Morgan fingerprint density at radius 1 is 0.861 bits per heavy atom. The molecule has 0 radical (unpaired) electrons. The predicted octanol–water partition coefficient (Wildman–Crippen LogP) is 2.76. The van der Waals surface area contributed by atoms with Crippen molar-refractivity contribution >= 4 is 35.7 Å². The lowest BCUT2D eigenvalue weighted by molar-refractivity contribution is -0.130. The molecule has 2 aromatic carbocycles. The Bertz CT molecular complexity index is 1280. The highest BCUT2D eigenvalue weighted by atomic mass is 16.5. The van der Waals surface area contributed by atoms with E-state index in [1.165, 1.54) is 20.3 Å². The number of ether oxygens (including phenoxy) is 2. The van der Waals surface area contributed by atoms with Gasteiger partial charge in [-0.15, -0.1) is 0 Å². The van der Waals surface area contributed by atoms with E-state index >= 15 is 0 Å². The molecule has 2 heterocycles. The molecule has 0 atom stereocenters. The van der Waals surface area contributed by atoms with Crippen molar-refractivity contribution in [2.75, 3.05) is 20.8 Å². The van der Waals surface area contributed by atoms with E-state index in [0.717, 1.165) is 16.2 Å². The van der Waals surface area contributed by atoms with Crippen LogP contribution < -0.4 is 14.8 Å². The summed E-state index contributed by atoms with van der Waals surface area (Å²) in [6.07, 6.45) is 2.68. The minimum Gasteiger partial charge on any atom is -0.496 e. The van der Waals surface area contributed by atoms with E-state index in [-0.39, 0.29) is 18.7 Å². The van der Waals surface area contributed by atoms with E-state index in [1.54, 1.807) is 36.4 Å². The van der Waals surface area contributed by atoms with Crippen LogP contribution in [0.3, 0.4) is 0 Å². The molecule has 0 aromatic heterocycles. The molecule has 0 spiro atoms. The van der Waals surface area contributed by atoms with Crippen molar-refractivity contribution in [3.05, 3.63) is 64.2 Å². The van der Waals surface area contributed by atoms with Crippen molar-refractivity contribution in [3.63, 3.8) is 0 Å². The van der Waals surface area contributed by atoms with Crippen LogP contribution in [-0.4, -0.2) is 60.2 Å². The minimum atomic E-state index is -0.822. The van der Waals surface area contributed by atoms with Gasteiger partial charge in [0.25, 0.3) is 23.6 Å². The third-order valence-corrected chi connectivity index (χ3v) is 6.06. The molecule has 0 bridgehead atoms. The molecule has 36 heavy (non-hydrogen) atoms. The molecule has 186 valence electrons. The van der Waals surface area contributed by atoms with Crippen LogP contribution in [0.15, 0.2) is 42.0 Å². The summed E-state index contributed by atoms with van der Waals surface area (Å²) in [7, 11) is 2.86. The normalized spacial score (nSPS) is 16.5. The third-order valence-electron chi connectivity index (χ3n) is 6.06. The molecule has 2 aliphatic heterocycles. The van der Waals surface area contributed by atoms with Gasteiger partial charge in [0.1, 0.15) is 17.1 Å². The van der Waals surface area contributed by atoms with E-state index in [9.17, 15) is 24.0 Å². The quantitative estimate of drug-likeness (QED) is 0.342. The van der Waals surface area contributed by atoms with Crippen molar-refractivity contribution < 1.29 is 33.4 Å². The molecule has 10 heteroatoms. The summed E-state index contributed by atoms with van der Waals surface area (Å²) in [4.78, 5) is 65.5. The SMILES string of the molecule is CCCCN1C(=O)NC(=O)C(=Cc2cc(CN3C(=O)c4ccccc4C3=O)c(OC)cc2OC)C1=O. The Morgan fingerprint density at radius 3 is 2.08 bits per heavy atom. The number of amides is 6. The number of nitrogens with one attached hydrogen (secondary N) is 1. The van der Waals surface area contributed by atoms with Crippen LogP contribution in [0.1, 0.15) is 51.6 Å². The summed E-state index contributed by atoms with van der Waals surface area (Å²) in [5, 5.41) is 2.19. The fourth-order valence-electron chi connectivity index (χ4n) is 4.15. The second kappa shape index (κ2) is 10.0. The van der Waals surface area contributed by atoms with Crippen molar-refractivity contribution in [2.45, 2.75) is 26.3 Å². The van der Waals surface area contributed by atoms with Crippen LogP contribution >= 0.6 is 0 Å². The van der Waals surface area contributed by atoms with Gasteiger partial charge in [0.2, 0.25) is 0 Å². The summed E-state index contributed by atoms with van der Waals surface area (Å²) in [5.74, 6) is -1.75. The van der Waals surface area contributed by atoms with Crippen molar-refractivity contribution in [1.29, 1.82) is 0 Å². The van der Waals surface area contributed by atoms with Crippen LogP contribution in [0.4, 0.5) is 4.79 Å². The van der Waals surface area contributed by atoms with Crippen molar-refractivity contribution in [3.8, 4) is 11.5 Å². The van der Waals surface area contributed by atoms with Gasteiger partial charge in [-0.2, -0.15) is 0 Å². The molecule has 10 nitrogen and oxygen atoms in total. The number of fused-ring (bicyclic) bond motifs is 1. The molecule has 2 aromatic rings. The first-order valence-electron chi connectivity index (χ1n) is 11.4. The summed E-state index contributed by atoms with van der Waals surface area (Å²) in [6.45, 7) is 2.00. The highest BCUT2D eigenvalue weighted by Gasteiger charge is 2.37. The molecule has 6 amide bonds. The topological polar surface area (TPSA) is 122 Å². The number of barbiturate groups is 1. The molecule has 1 saturated heterocycles. The van der Waals surface area contributed by atoms with E-state index in [2.05, 4.69) is 5.32 Å². The number of rotatable bonds is 8. The molecule has 0 saturated carbocycles. The lowest BCUT2D eigenvalue weighted by Crippen LogP contribution is -2.54. The van der Waals surface area contributed by atoms with Crippen LogP contribution in [-0.2, 0) is 16.1 Å². The monoisotopic (exact) mass is 491 g/mol. The Hall–Kier alpha value is -4.47. The summed E-state index contributed by atoms with van der Waals surface area (Å²) in [5.41, 5.74) is 1.20. The average molecular weight is 492 g/mol. The highest BCUT2D eigenvalue weighted by molar-refractivity contribution is 6.31. The Balaban J connectivity index is 1.72. The van der Waals surface area contributed by atoms with Gasteiger partial charge in [-0.1, -0.05) is 25.5 Å². The number of benzene rings is 2. The van der Waals surface area contributed by atoms with Gasteiger partial charge in [-0.3, -0.25) is 34.3 Å². The zero-order chi connectivity index (χ0) is 26.0. The zero-order valence-corrected chi connectivity index (χ0v) is 20.1. The number of nitrogens with zero attached hydrogens (tertiary/aromatic N) is 2. The van der Waals surface area contributed by atoms with E-state index in [4.69, 9.17) is 9.47 Å². The molecule has 1 fully saturated rings. The average Bonchev–Trinajstić information content (AvgIpc) is 3.11. The number of imide groups is 3. The first-order valence-corrected chi connectivity index (χ1v) is 11.4. The fraction of sp³-hybridized carbons (Fsp3) is 0.269. The minimum absolute atomic E-state index is 0.100. The van der Waals surface area contributed by atoms with Gasteiger partial charge in [-0.25, -0.2) is 4.79 Å². The summed E-state index contributed by atoms with van der Waals surface area (Å²) in [6, 6.07) is 8.93. The van der Waals surface area contributed by atoms with Crippen molar-refractivity contribution in [2.24, 2.45) is 0 Å². The number of hydrogen-bond donors (Lipinski definition) is 1. The number of hydrogen-bond acceptors (Lipinski definition) is 7. The second-order valence-corrected chi connectivity index (χ2v) is 8.28. The first kappa shape index (κ1) is 24.6. The van der Waals surface area contributed by atoms with Gasteiger partial charge in [0.05, 0.1) is 31.9 Å². The Labute approximate surface area is 207 Å². The maximum Gasteiger partial charge on any atom is 0.331 e. The molecule has 1 N–H and O–H groups in total. The van der Waals surface area contributed by atoms with E-state index in [0.29, 0.717) is 40.2 Å². The van der Waals surface area contributed by atoms with Crippen LogP contribution in [0.2, 0.25) is 0 Å². The molecule has 2 aliphatic rings. The van der Waals surface area contributed by atoms with E-state index < -0.39 is 29.7 Å². The highest BCUT2D eigenvalue weighted by Crippen LogP contribution is 2.34. The van der Waals surface area contributed by atoms with Crippen LogP contribution in [0.25, 0.3) is 6.08 Å². The van der Waals surface area contributed by atoms with Crippen LogP contribution in [0, 0.1) is 0 Å². The Kier molecular flexibility index (Phi) is 6.86. The molecular formula is C26H25N3O7. The number of unbranched alkanes of at least 4 members (excludes halogenated alkanes) is 1.